The Balaban J connectivity index is 0.000000791. The largest absolute Gasteiger partial charge is 0.207 e. The molecule has 0 aliphatic carbocycles. The summed E-state index contributed by atoms with van der Waals surface area (Å²) < 4.78 is 12.9. The second-order valence-electron chi connectivity index (χ2n) is 3.73. The van der Waals surface area contributed by atoms with Gasteiger partial charge in [-0.1, -0.05) is 33.8 Å². The zero-order valence-electron chi connectivity index (χ0n) is 9.89. The third kappa shape index (κ3) is 5.00. The summed E-state index contributed by atoms with van der Waals surface area (Å²) in [5, 5.41) is 0. The van der Waals surface area contributed by atoms with Gasteiger partial charge in [-0.25, -0.2) is 4.39 Å². The van der Waals surface area contributed by atoms with Crippen LogP contribution in [0.4, 0.5) is 4.39 Å². The molecule has 0 N–H and O–H groups in total. The van der Waals surface area contributed by atoms with Crippen LogP contribution in [0, 0.1) is 18.7 Å². The number of halogens is 1. The maximum absolute atomic E-state index is 12.9. The Morgan fingerprint density at radius 2 is 1.71 bits per heavy atom. The van der Waals surface area contributed by atoms with Crippen LogP contribution in [-0.4, -0.2) is 0 Å². The molecule has 0 aliphatic rings. The molecule has 0 saturated carbocycles. The molecule has 14 heavy (non-hydrogen) atoms. The van der Waals surface area contributed by atoms with Crippen LogP contribution >= 0.6 is 0 Å². The summed E-state index contributed by atoms with van der Waals surface area (Å²) in [5.41, 5.74) is 2.10. The lowest BCUT2D eigenvalue weighted by Crippen LogP contribution is -1.95. The second kappa shape index (κ2) is 6.58. The number of aryl methyl sites for hydroxylation is 1. The van der Waals surface area contributed by atoms with Crippen molar-refractivity contribution < 1.29 is 4.39 Å². The minimum atomic E-state index is -0.120. The first-order valence-corrected chi connectivity index (χ1v) is 5.34. The molecule has 1 aromatic rings. The summed E-state index contributed by atoms with van der Waals surface area (Å²) in [4.78, 5) is 0. The van der Waals surface area contributed by atoms with Gasteiger partial charge in [-0.2, -0.15) is 0 Å². The summed E-state index contributed by atoms with van der Waals surface area (Å²) in [6.45, 7) is 10.2. The van der Waals surface area contributed by atoms with Gasteiger partial charge < -0.3 is 0 Å². The van der Waals surface area contributed by atoms with Crippen molar-refractivity contribution in [3.8, 4) is 0 Å². The predicted octanol–water partition coefficient (Wildman–Crippen LogP) is 4.36. The van der Waals surface area contributed by atoms with Gasteiger partial charge in [-0.15, -0.1) is 0 Å². The maximum atomic E-state index is 12.9. The second-order valence-corrected chi connectivity index (χ2v) is 3.73. The Hall–Kier alpha value is -0.850. The van der Waals surface area contributed by atoms with E-state index < -0.39 is 0 Å². The molecule has 80 valence electrons. The topological polar surface area (TPSA) is 0 Å². The van der Waals surface area contributed by atoms with E-state index in [2.05, 4.69) is 13.8 Å². The van der Waals surface area contributed by atoms with Crippen LogP contribution in [0.25, 0.3) is 0 Å². The van der Waals surface area contributed by atoms with Gasteiger partial charge in [0, 0.05) is 0 Å². The van der Waals surface area contributed by atoms with E-state index in [1.165, 1.54) is 0 Å². The molecule has 0 fully saturated rings. The minimum absolute atomic E-state index is 0.120. The summed E-state index contributed by atoms with van der Waals surface area (Å²) >= 11 is 0. The van der Waals surface area contributed by atoms with Crippen molar-refractivity contribution in [3.05, 3.63) is 35.1 Å². The standard InChI is InChI=1S/C11H15F.C2H6/c1-8(2)4-10-5-9(3)6-11(12)7-10;1-2/h5-8H,4H2,1-3H3;1-2H3. The molecule has 0 unspecified atom stereocenters. The van der Waals surface area contributed by atoms with Gasteiger partial charge >= 0.3 is 0 Å². The molecule has 1 rings (SSSR count). The fraction of sp³-hybridized carbons (Fsp3) is 0.538. The highest BCUT2D eigenvalue weighted by Crippen LogP contribution is 2.12. The van der Waals surface area contributed by atoms with Crippen LogP contribution in [0.1, 0.15) is 38.8 Å². The van der Waals surface area contributed by atoms with Gasteiger partial charge in [-0.05, 0) is 42.5 Å². The minimum Gasteiger partial charge on any atom is -0.207 e. The lowest BCUT2D eigenvalue weighted by molar-refractivity contribution is 0.611. The third-order valence-electron chi connectivity index (χ3n) is 1.75. The first-order chi connectivity index (χ1) is 6.58. The molecule has 0 amide bonds. The highest BCUT2D eigenvalue weighted by Gasteiger charge is 2.00. The monoisotopic (exact) mass is 196 g/mol. The molecule has 0 spiro atoms. The van der Waals surface area contributed by atoms with Crippen molar-refractivity contribution in [2.24, 2.45) is 5.92 Å². The molecule has 0 atom stereocenters. The van der Waals surface area contributed by atoms with Crippen molar-refractivity contribution in [2.75, 3.05) is 0 Å². The Labute approximate surface area is 87.2 Å². The van der Waals surface area contributed by atoms with Crippen LogP contribution in [-0.2, 0) is 6.42 Å². The van der Waals surface area contributed by atoms with E-state index in [9.17, 15) is 4.39 Å². The number of hydrogen-bond acceptors (Lipinski definition) is 0. The van der Waals surface area contributed by atoms with E-state index in [-0.39, 0.29) is 5.82 Å². The Morgan fingerprint density at radius 1 is 1.14 bits per heavy atom. The van der Waals surface area contributed by atoms with Crippen LogP contribution in [0.15, 0.2) is 18.2 Å². The first-order valence-electron chi connectivity index (χ1n) is 5.34. The zero-order valence-corrected chi connectivity index (χ0v) is 9.89. The number of rotatable bonds is 2. The van der Waals surface area contributed by atoms with Crippen molar-refractivity contribution in [3.63, 3.8) is 0 Å². The molecule has 0 radical (unpaired) electrons. The molecule has 0 aliphatic heterocycles. The Kier molecular flexibility index (Phi) is 6.18. The van der Waals surface area contributed by atoms with E-state index in [1.807, 2.05) is 26.8 Å². The molecular weight excluding hydrogens is 175 g/mol. The number of benzene rings is 1. The normalized spacial score (nSPS) is 9.64. The molecule has 0 aromatic heterocycles. The summed E-state index contributed by atoms with van der Waals surface area (Å²) in [5.74, 6) is 0.469. The quantitative estimate of drug-likeness (QED) is 0.659. The fourth-order valence-electron chi connectivity index (χ4n) is 1.40. The summed E-state index contributed by atoms with van der Waals surface area (Å²) in [6, 6.07) is 5.22. The van der Waals surface area contributed by atoms with E-state index >= 15 is 0 Å². The zero-order chi connectivity index (χ0) is 11.1. The molecular formula is C13H21F. The van der Waals surface area contributed by atoms with Crippen molar-refractivity contribution in [1.29, 1.82) is 0 Å². The highest BCUT2D eigenvalue weighted by molar-refractivity contribution is 5.23. The molecule has 1 aromatic carbocycles. The maximum Gasteiger partial charge on any atom is 0.123 e. The lowest BCUT2D eigenvalue weighted by atomic mass is 10.0. The number of hydrogen-bond donors (Lipinski definition) is 0. The van der Waals surface area contributed by atoms with Gasteiger partial charge in [0.2, 0.25) is 0 Å². The van der Waals surface area contributed by atoms with Gasteiger partial charge in [0.1, 0.15) is 5.82 Å². The van der Waals surface area contributed by atoms with Gasteiger partial charge in [-0.3, -0.25) is 0 Å². The average molecular weight is 196 g/mol. The molecule has 1 heteroatoms. The first kappa shape index (κ1) is 13.2. The highest BCUT2D eigenvalue weighted by atomic mass is 19.1. The van der Waals surface area contributed by atoms with Gasteiger partial charge in [0.15, 0.2) is 0 Å². The van der Waals surface area contributed by atoms with Crippen molar-refractivity contribution >= 4 is 0 Å². The van der Waals surface area contributed by atoms with Gasteiger partial charge in [0.25, 0.3) is 0 Å². The third-order valence-corrected chi connectivity index (χ3v) is 1.75. The van der Waals surface area contributed by atoms with Crippen LogP contribution in [0.3, 0.4) is 0 Å². The fourth-order valence-corrected chi connectivity index (χ4v) is 1.40. The van der Waals surface area contributed by atoms with Crippen LogP contribution in [0.2, 0.25) is 0 Å². The van der Waals surface area contributed by atoms with Crippen molar-refractivity contribution in [2.45, 2.75) is 41.0 Å². The molecule has 0 heterocycles. The predicted molar refractivity (Wildman–Crippen MR) is 61.0 cm³/mol. The van der Waals surface area contributed by atoms with Crippen LogP contribution < -0.4 is 0 Å². The van der Waals surface area contributed by atoms with E-state index in [0.29, 0.717) is 5.92 Å². The smallest absolute Gasteiger partial charge is 0.123 e. The van der Waals surface area contributed by atoms with Crippen LogP contribution in [0.5, 0.6) is 0 Å². The summed E-state index contributed by atoms with van der Waals surface area (Å²) in [6.07, 6.45) is 0.957. The van der Waals surface area contributed by atoms with Crippen molar-refractivity contribution in [1.82, 2.24) is 0 Å². The Morgan fingerprint density at radius 3 is 2.14 bits per heavy atom. The van der Waals surface area contributed by atoms with E-state index in [0.717, 1.165) is 17.5 Å². The lowest BCUT2D eigenvalue weighted by Gasteiger charge is -2.05. The molecule has 0 nitrogen and oxygen atoms in total. The van der Waals surface area contributed by atoms with E-state index in [4.69, 9.17) is 0 Å². The van der Waals surface area contributed by atoms with E-state index in [1.54, 1.807) is 12.1 Å². The molecule has 0 saturated heterocycles. The van der Waals surface area contributed by atoms with Gasteiger partial charge in [0.05, 0.1) is 0 Å². The SMILES string of the molecule is CC.Cc1cc(F)cc(CC(C)C)c1. The summed E-state index contributed by atoms with van der Waals surface area (Å²) in [7, 11) is 0. The Bertz CT molecular complexity index is 244. The average Bonchev–Trinajstić information content (AvgIpc) is 2.04. The molecule has 0 bridgehead atoms.